The average molecular weight is 258 g/mol. The summed E-state index contributed by atoms with van der Waals surface area (Å²) in [5.41, 5.74) is -1.72. The Balaban J connectivity index is 3.23. The van der Waals surface area contributed by atoms with E-state index >= 15 is 0 Å². The van der Waals surface area contributed by atoms with Gasteiger partial charge in [0.15, 0.2) is 0 Å². The third-order valence-corrected chi connectivity index (χ3v) is 2.26. The molecule has 0 fully saturated rings. The summed E-state index contributed by atoms with van der Waals surface area (Å²) in [7, 11) is 0. The molecule has 0 bridgehead atoms. The molecule has 1 heterocycles. The van der Waals surface area contributed by atoms with Gasteiger partial charge in [-0.1, -0.05) is 6.92 Å². The molecule has 100 valence electrons. The summed E-state index contributed by atoms with van der Waals surface area (Å²) in [4.78, 5) is 34.5. The predicted molar refractivity (Wildman–Crippen MR) is 62.0 cm³/mol. The van der Waals surface area contributed by atoms with Gasteiger partial charge in [0.25, 0.3) is 11.9 Å². The predicted octanol–water partition coefficient (Wildman–Crippen LogP) is 0.451. The maximum Gasteiger partial charge on any atom is 0.362 e. The van der Waals surface area contributed by atoms with Crippen LogP contribution in [0, 0.1) is 0 Å². The zero-order valence-corrected chi connectivity index (χ0v) is 10.3. The van der Waals surface area contributed by atoms with Crippen molar-refractivity contribution in [2.75, 3.05) is 6.61 Å². The highest BCUT2D eigenvalue weighted by Crippen LogP contribution is 2.04. The normalized spacial score (nSPS) is 12.2. The second kappa shape index (κ2) is 6.13. The highest BCUT2D eigenvalue weighted by atomic mass is 19.1. The average Bonchev–Trinajstić information content (AvgIpc) is 2.33. The van der Waals surface area contributed by atoms with Gasteiger partial charge in [-0.3, -0.25) is 4.79 Å². The zero-order chi connectivity index (χ0) is 13.7. The molecular weight excluding hydrogens is 243 g/mol. The number of aryl methyl sites for hydroxylation is 1. The minimum absolute atomic E-state index is 0.0238. The molecular formula is C11H15FN2O4. The summed E-state index contributed by atoms with van der Waals surface area (Å²) < 4.78 is 19.6. The van der Waals surface area contributed by atoms with E-state index in [9.17, 15) is 18.8 Å². The van der Waals surface area contributed by atoms with Gasteiger partial charge in [0.2, 0.25) is 0 Å². The van der Waals surface area contributed by atoms with Crippen molar-refractivity contribution in [2.24, 2.45) is 0 Å². The Bertz CT molecular complexity index is 535. The molecule has 0 N–H and O–H groups in total. The fourth-order valence-corrected chi connectivity index (χ4v) is 1.47. The van der Waals surface area contributed by atoms with E-state index in [1.165, 1.54) is 17.7 Å². The van der Waals surface area contributed by atoms with E-state index in [0.717, 1.165) is 6.07 Å². The quantitative estimate of drug-likeness (QED) is 0.719. The zero-order valence-electron chi connectivity index (χ0n) is 10.3. The second-order valence-electron chi connectivity index (χ2n) is 3.59. The van der Waals surface area contributed by atoms with Gasteiger partial charge in [0, 0.05) is 18.8 Å². The summed E-state index contributed by atoms with van der Waals surface area (Å²) >= 11 is 0. The van der Waals surface area contributed by atoms with Crippen LogP contribution in [0.25, 0.3) is 0 Å². The number of ether oxygens (including phenoxy) is 1. The SMILES string of the molecule is CCCn1ccc(=O)n(C(F)C(=O)OCC)c1=O. The van der Waals surface area contributed by atoms with Crippen LogP contribution in [0.15, 0.2) is 21.9 Å². The molecule has 0 aliphatic heterocycles. The Morgan fingerprint density at radius 1 is 1.44 bits per heavy atom. The van der Waals surface area contributed by atoms with Gasteiger partial charge in [-0.2, -0.15) is 0 Å². The van der Waals surface area contributed by atoms with E-state index < -0.39 is 23.5 Å². The van der Waals surface area contributed by atoms with E-state index in [-0.39, 0.29) is 11.2 Å². The molecule has 7 heteroatoms. The number of carbonyl (C=O) groups excluding carboxylic acids is 1. The lowest BCUT2D eigenvalue weighted by Gasteiger charge is -2.11. The van der Waals surface area contributed by atoms with E-state index in [0.29, 0.717) is 13.0 Å². The number of nitrogens with zero attached hydrogens (tertiary/aromatic N) is 2. The molecule has 0 radical (unpaired) electrons. The number of hydrogen-bond donors (Lipinski definition) is 0. The van der Waals surface area contributed by atoms with Crippen LogP contribution in [0.5, 0.6) is 0 Å². The number of rotatable bonds is 5. The van der Waals surface area contributed by atoms with Gasteiger partial charge in [-0.25, -0.2) is 18.5 Å². The maximum atomic E-state index is 13.7. The highest BCUT2D eigenvalue weighted by molar-refractivity contribution is 5.72. The molecule has 0 aliphatic rings. The number of halogens is 1. The molecule has 1 atom stereocenters. The van der Waals surface area contributed by atoms with Gasteiger partial charge in [0.05, 0.1) is 6.61 Å². The Kier molecular flexibility index (Phi) is 4.82. The molecule has 0 aromatic carbocycles. The topological polar surface area (TPSA) is 70.3 Å². The summed E-state index contributed by atoms with van der Waals surface area (Å²) in [6, 6.07) is 1.04. The Morgan fingerprint density at radius 2 is 2.11 bits per heavy atom. The van der Waals surface area contributed by atoms with Gasteiger partial charge >= 0.3 is 11.7 Å². The van der Waals surface area contributed by atoms with E-state index in [4.69, 9.17) is 0 Å². The van der Waals surface area contributed by atoms with Crippen LogP contribution >= 0.6 is 0 Å². The molecule has 6 nitrogen and oxygen atoms in total. The minimum atomic E-state index is -2.41. The molecule has 1 aromatic rings. The van der Waals surface area contributed by atoms with Crippen molar-refractivity contribution in [3.8, 4) is 0 Å². The van der Waals surface area contributed by atoms with Crippen LogP contribution in [0.1, 0.15) is 26.6 Å². The lowest BCUT2D eigenvalue weighted by molar-refractivity contribution is -0.153. The van der Waals surface area contributed by atoms with Gasteiger partial charge in [0.1, 0.15) is 0 Å². The fourth-order valence-electron chi connectivity index (χ4n) is 1.47. The number of alkyl halides is 1. The van der Waals surface area contributed by atoms with Crippen molar-refractivity contribution in [1.82, 2.24) is 9.13 Å². The largest absolute Gasteiger partial charge is 0.462 e. The lowest BCUT2D eigenvalue weighted by atomic mass is 10.4. The van der Waals surface area contributed by atoms with Gasteiger partial charge in [-0.05, 0) is 13.3 Å². The third kappa shape index (κ3) is 2.85. The van der Waals surface area contributed by atoms with Gasteiger partial charge < -0.3 is 9.30 Å². The minimum Gasteiger partial charge on any atom is -0.462 e. The first-order chi connectivity index (χ1) is 8.52. The molecule has 1 rings (SSSR count). The third-order valence-electron chi connectivity index (χ3n) is 2.26. The van der Waals surface area contributed by atoms with E-state index in [1.807, 2.05) is 6.92 Å². The van der Waals surface area contributed by atoms with Crippen LogP contribution in [0.2, 0.25) is 0 Å². The summed E-state index contributed by atoms with van der Waals surface area (Å²) in [5.74, 6) is -1.24. The van der Waals surface area contributed by atoms with E-state index in [1.54, 1.807) is 0 Å². The summed E-state index contributed by atoms with van der Waals surface area (Å²) in [5, 5.41) is 0. The van der Waals surface area contributed by atoms with E-state index in [2.05, 4.69) is 4.74 Å². The number of hydrogen-bond acceptors (Lipinski definition) is 4. The van der Waals surface area contributed by atoms with Gasteiger partial charge in [-0.15, -0.1) is 0 Å². The molecule has 1 aromatic heterocycles. The van der Waals surface area contributed by atoms with Crippen LogP contribution in [0.4, 0.5) is 4.39 Å². The Morgan fingerprint density at radius 3 is 2.67 bits per heavy atom. The first-order valence-corrected chi connectivity index (χ1v) is 5.65. The molecule has 1 unspecified atom stereocenters. The van der Waals surface area contributed by atoms with Crippen molar-refractivity contribution in [2.45, 2.75) is 33.1 Å². The molecule has 0 saturated carbocycles. The molecule has 0 saturated heterocycles. The van der Waals surface area contributed by atoms with Crippen LogP contribution < -0.4 is 11.2 Å². The van der Waals surface area contributed by atoms with Crippen molar-refractivity contribution in [3.05, 3.63) is 33.1 Å². The maximum absolute atomic E-state index is 13.7. The van der Waals surface area contributed by atoms with Crippen LogP contribution in [-0.4, -0.2) is 21.7 Å². The molecule has 0 spiro atoms. The number of carbonyl (C=O) groups is 1. The number of esters is 1. The van der Waals surface area contributed by atoms with Crippen molar-refractivity contribution >= 4 is 5.97 Å². The molecule has 0 amide bonds. The Labute approximate surface area is 103 Å². The first-order valence-electron chi connectivity index (χ1n) is 5.65. The summed E-state index contributed by atoms with van der Waals surface area (Å²) in [6.45, 7) is 3.66. The first kappa shape index (κ1) is 14.1. The lowest BCUT2D eigenvalue weighted by Crippen LogP contribution is -2.42. The molecule has 0 aliphatic carbocycles. The van der Waals surface area contributed by atoms with Crippen molar-refractivity contribution in [1.29, 1.82) is 0 Å². The van der Waals surface area contributed by atoms with Crippen molar-refractivity contribution in [3.63, 3.8) is 0 Å². The van der Waals surface area contributed by atoms with Crippen LogP contribution in [0.3, 0.4) is 0 Å². The fraction of sp³-hybridized carbons (Fsp3) is 0.545. The summed E-state index contributed by atoms with van der Waals surface area (Å²) in [6.07, 6.45) is -0.481. The highest BCUT2D eigenvalue weighted by Gasteiger charge is 2.24. The number of aromatic nitrogens is 2. The second-order valence-corrected chi connectivity index (χ2v) is 3.59. The smallest absolute Gasteiger partial charge is 0.362 e. The monoisotopic (exact) mass is 258 g/mol. The Hall–Kier alpha value is -1.92. The van der Waals surface area contributed by atoms with Crippen LogP contribution in [-0.2, 0) is 16.1 Å². The molecule has 18 heavy (non-hydrogen) atoms. The van der Waals surface area contributed by atoms with Crippen molar-refractivity contribution < 1.29 is 13.9 Å². The standard InChI is InChI=1S/C11H15FN2O4/c1-3-6-13-7-5-8(15)14(11(13)17)9(12)10(16)18-4-2/h5,7,9H,3-4,6H2,1-2H3.